The van der Waals surface area contributed by atoms with Gasteiger partial charge in [-0.2, -0.15) is 0 Å². The Morgan fingerprint density at radius 1 is 0.280 bits per heavy atom. The molecule has 9 aromatic rings. The van der Waals surface area contributed by atoms with Gasteiger partial charge in [0.2, 0.25) is 17.4 Å². The summed E-state index contributed by atoms with van der Waals surface area (Å²) in [5.74, 6) is 0.0791. The molecule has 0 aliphatic heterocycles. The van der Waals surface area contributed by atoms with E-state index in [0.717, 1.165) is 5.56 Å². The number of phenolic OH excluding ortho intramolecular Hbond substituents is 3. The van der Waals surface area contributed by atoms with Crippen LogP contribution in [0.3, 0.4) is 0 Å². The smallest absolute Gasteiger partial charge is 0.255 e. The van der Waals surface area contributed by atoms with E-state index < -0.39 is 23.1 Å². The number of rotatable bonds is 89. The molecule has 0 unspecified atom stereocenters. The average Bonchev–Trinajstić information content (AvgIpc) is 0.774. The van der Waals surface area contributed by atoms with E-state index in [1.165, 1.54) is 36.8 Å². The van der Waals surface area contributed by atoms with Crippen LogP contribution in [0.4, 0.5) is 0 Å². The quantitative estimate of drug-likeness (QED) is 0.0164. The number of ether oxygens (including phenoxy) is 26. The second-order valence-corrected chi connectivity index (χ2v) is 33.7. The summed E-state index contributed by atoms with van der Waals surface area (Å²) in [4.78, 5) is 70.2. The molecule has 829 valence electrons. The Hall–Kier alpha value is -10.9. The van der Waals surface area contributed by atoms with Crippen LogP contribution in [-0.2, 0) is 130 Å². The summed E-state index contributed by atoms with van der Waals surface area (Å²) in [6, 6.07) is 33.1. The second kappa shape index (κ2) is 76.6. The van der Waals surface area contributed by atoms with Gasteiger partial charge in [-0.05, 0) is 147 Å². The molecule has 41 nitrogen and oxygen atoms in total. The molecule has 0 bridgehead atoms. The third-order valence-electron chi connectivity index (χ3n) is 22.8. The summed E-state index contributed by atoms with van der Waals surface area (Å²) in [6.07, 6.45) is 7.20. The molecule has 0 saturated heterocycles. The van der Waals surface area contributed by atoms with Crippen LogP contribution in [0.1, 0.15) is 99.1 Å². The van der Waals surface area contributed by atoms with Crippen LogP contribution in [0.25, 0.3) is 32.7 Å². The van der Waals surface area contributed by atoms with Gasteiger partial charge in [0.1, 0.15) is 80.9 Å². The molecule has 0 aliphatic rings. The number of nitrogens with zero attached hydrogens (tertiary/aromatic N) is 3. The van der Waals surface area contributed by atoms with Crippen molar-refractivity contribution < 1.29 is 178 Å². The van der Waals surface area contributed by atoms with Gasteiger partial charge in [0, 0.05) is 142 Å². The zero-order valence-corrected chi connectivity index (χ0v) is 89.1. The van der Waals surface area contributed by atoms with Crippen LogP contribution >= 0.6 is 0 Å². The van der Waals surface area contributed by atoms with Crippen molar-refractivity contribution in [2.75, 3.05) is 313 Å². The average molecular weight is 2190 g/mol. The summed E-state index contributed by atoms with van der Waals surface area (Å²) in [7, 11) is 9.66. The molecule has 0 saturated carbocycles. The second-order valence-electron chi connectivity index (χ2n) is 33.7. The molecule has 0 fully saturated rings. The van der Waals surface area contributed by atoms with E-state index >= 15 is 4.79 Å². The fourth-order valence-corrected chi connectivity index (χ4v) is 15.2. The number of unbranched alkanes of at least 4 members (excludes halogenated alkanes) is 1. The van der Waals surface area contributed by atoms with Gasteiger partial charge in [-0.3, -0.25) is 34.1 Å². The van der Waals surface area contributed by atoms with Crippen LogP contribution in [-0.4, -0.2) is 367 Å². The van der Waals surface area contributed by atoms with E-state index in [1.54, 1.807) is 103 Å². The molecule has 3 aromatic heterocycles. The third kappa shape index (κ3) is 46.8. The minimum Gasteiger partial charge on any atom is -0.505 e. The maximum atomic E-state index is 15.5. The molecule has 0 spiro atoms. The Labute approximate surface area is 891 Å². The van der Waals surface area contributed by atoms with Gasteiger partial charge >= 0.3 is 0 Å². The predicted molar refractivity (Wildman–Crippen MR) is 553 cm³/mol. The molecule has 0 atom stereocenters. The van der Waals surface area contributed by atoms with E-state index in [2.05, 4.69) is 41.5 Å². The van der Waals surface area contributed by atoms with Crippen LogP contribution in [0.5, 0.6) is 63.2 Å². The molecule has 9 rings (SSSR count). The molecule has 150 heavy (non-hydrogen) atoms. The van der Waals surface area contributed by atoms with Gasteiger partial charge in [-0.1, -0.05) is 36.4 Å². The van der Waals surface area contributed by atoms with Crippen molar-refractivity contribution in [2.24, 2.45) is 5.41 Å². The number of benzene rings is 6. The zero-order valence-electron chi connectivity index (χ0n) is 87.3. The van der Waals surface area contributed by atoms with Crippen LogP contribution in [0.2, 0.25) is 0 Å². The first-order valence-corrected chi connectivity index (χ1v) is 50.6. The Bertz CT molecular complexity index is 4800. The van der Waals surface area contributed by atoms with E-state index in [4.69, 9.17) is 123 Å². The molecule has 6 aromatic carbocycles. The SMILES string of the molecule is COCCOCCOCCOc1cc(COc2cc(CNCCCCNC(=O)C(CCCNC(=O)c3ccc4cccnc4c3O)(CCCNC(=O)c3ccc4cccnc4c3O)CCCNC(=O)c3ccc4cccnc4c3O)cc(OCc3cc(OCCOCCOCCOC)c(OCCOCCOCCOC)c(OCCOCCOCCOC)c3)c2)cc(OCCOCCOCCOC)c1OCCOCCOCCOC.[Tc]. The molecule has 1 radical (unpaired) electrons. The van der Waals surface area contributed by atoms with Crippen molar-refractivity contribution in [3.8, 4) is 63.2 Å². The number of fused-ring (bicyclic) bond motifs is 3. The maximum Gasteiger partial charge on any atom is 0.255 e. The Morgan fingerprint density at radius 3 is 0.827 bits per heavy atom. The summed E-state index contributed by atoms with van der Waals surface area (Å²) in [5, 5.41) is 51.4. The molecular formula is C108H152N8O33Tc. The van der Waals surface area contributed by atoms with Crippen LogP contribution < -0.4 is 64.5 Å². The molecule has 0 aliphatic carbocycles. The van der Waals surface area contributed by atoms with Crippen molar-refractivity contribution in [2.45, 2.75) is 71.1 Å². The minimum absolute atomic E-state index is 0. The fourth-order valence-electron chi connectivity index (χ4n) is 15.2. The Morgan fingerprint density at radius 2 is 0.540 bits per heavy atom. The normalized spacial score (nSPS) is 11.4. The monoisotopic (exact) mass is 2190 g/mol. The maximum absolute atomic E-state index is 15.5. The first-order chi connectivity index (χ1) is 73.2. The number of aromatic nitrogens is 3. The minimum atomic E-state index is -1.18. The first-order valence-electron chi connectivity index (χ1n) is 50.6. The van der Waals surface area contributed by atoms with Gasteiger partial charge in [0.25, 0.3) is 17.7 Å². The number of hydrogen-bond donors (Lipinski definition) is 8. The summed E-state index contributed by atoms with van der Waals surface area (Å²) < 4.78 is 153. The number of nitrogens with one attached hydrogen (secondary N) is 5. The van der Waals surface area contributed by atoms with E-state index in [0.29, 0.717) is 258 Å². The standard InChI is InChI=1S/C108H152N8O33.Tc/c1-124-35-41-130-47-53-136-59-65-142-92-73-82(74-93(143-66-60-137-54-48-131-42-36-125-2)102(92)146-69-63-140-57-51-134-45-39-128-5)79-148-87-71-81(72-88(77-87)149-80-83-75-94(144-67-61-138-55-49-132-43-37-126-3)103(147-70-64-141-58-52-135-46-40-129-6)95(76-83)145-68-62-139-56-50-133-44-38-127-4)78-109-27-7-8-28-116-107(123)108(24-12-32-113-104(120)89-21-18-84-15-9-29-110-96(84)99(89)117,25-13-33-114-105(121)90-22-19-85-16-10-30-111-97(85)100(90)118)26-14-34-115-106(122)91-23-20-86-17-11-31-112-98(86)101(91)119;/h9-11,15-23,29-31,71-77,109,117-119H,7-8,12-14,24-28,32-70,78-80H2,1-6H3,(H,113,120)(H,114,121)(H,115,122)(H,116,123);. The van der Waals surface area contributed by atoms with Crippen molar-refractivity contribution in [1.29, 1.82) is 0 Å². The Balaban J connectivity index is 0.0000274. The van der Waals surface area contributed by atoms with Crippen LogP contribution in [0, 0.1) is 5.41 Å². The number of hydrogen-bond acceptors (Lipinski definition) is 37. The van der Waals surface area contributed by atoms with Gasteiger partial charge < -0.3 is 165 Å². The summed E-state index contributed by atoms with van der Waals surface area (Å²) in [5.41, 5.74) is 1.73. The number of phenols is 3. The predicted octanol–water partition coefficient (Wildman–Crippen LogP) is 10.6. The van der Waals surface area contributed by atoms with E-state index in [1.807, 2.05) is 36.4 Å². The van der Waals surface area contributed by atoms with E-state index in [9.17, 15) is 29.7 Å². The topological polar surface area (TPSA) is 468 Å². The van der Waals surface area contributed by atoms with Crippen LogP contribution in [0.15, 0.2) is 134 Å². The number of pyridine rings is 3. The number of carbonyl (C=O) groups is 4. The first kappa shape index (κ1) is 124. The molecular weight excluding hydrogens is 2040 g/mol. The number of amides is 4. The summed E-state index contributed by atoms with van der Waals surface area (Å²) >= 11 is 0. The number of aromatic hydroxyl groups is 3. The van der Waals surface area contributed by atoms with Crippen molar-refractivity contribution in [1.82, 2.24) is 41.5 Å². The number of carbonyl (C=O) groups excluding carboxylic acids is 4. The number of methoxy groups -OCH3 is 6. The fraction of sp³-hybridized carbons (Fsp3) is 0.546. The zero-order chi connectivity index (χ0) is 105. The van der Waals surface area contributed by atoms with E-state index in [-0.39, 0.29) is 234 Å². The molecule has 3 heterocycles. The van der Waals surface area contributed by atoms with Crippen molar-refractivity contribution in [3.05, 3.63) is 167 Å². The Kier molecular flexibility index (Phi) is 63.5. The molecule has 42 heteroatoms. The van der Waals surface area contributed by atoms with Gasteiger partial charge in [-0.25, -0.2) is 0 Å². The van der Waals surface area contributed by atoms with Gasteiger partial charge in [0.05, 0.1) is 215 Å². The van der Waals surface area contributed by atoms with Gasteiger partial charge in [0.15, 0.2) is 40.2 Å². The van der Waals surface area contributed by atoms with Crippen molar-refractivity contribution >= 4 is 56.3 Å². The largest absolute Gasteiger partial charge is 0.505 e. The molecule has 4 amide bonds. The van der Waals surface area contributed by atoms with Gasteiger partial charge in [-0.15, -0.1) is 0 Å². The van der Waals surface area contributed by atoms with Crippen molar-refractivity contribution in [3.63, 3.8) is 0 Å². The molecule has 8 N–H and O–H groups in total. The summed E-state index contributed by atoms with van der Waals surface area (Å²) in [6.45, 7) is 12.4. The third-order valence-corrected chi connectivity index (χ3v) is 22.8.